The van der Waals surface area contributed by atoms with E-state index >= 15 is 0 Å². The summed E-state index contributed by atoms with van der Waals surface area (Å²) in [7, 11) is 0. The summed E-state index contributed by atoms with van der Waals surface area (Å²) < 4.78 is 5.14. The lowest BCUT2D eigenvalue weighted by molar-refractivity contribution is 0.142. The summed E-state index contributed by atoms with van der Waals surface area (Å²) in [6.07, 6.45) is 1.53. The molecule has 0 saturated carbocycles. The molecular formula is C9H21NO2. The van der Waals surface area contributed by atoms with Crippen molar-refractivity contribution >= 4 is 0 Å². The standard InChI is InChI=1S/C9H21NO2/c1-3-9(11)5-6-10-7-8-12-4-2/h9-11H,3-8H2,1-2H3. The molecule has 0 aromatic carbocycles. The van der Waals surface area contributed by atoms with E-state index in [2.05, 4.69) is 5.32 Å². The fraction of sp³-hybridized carbons (Fsp3) is 1.00. The summed E-state index contributed by atoms with van der Waals surface area (Å²) in [5.41, 5.74) is 0. The van der Waals surface area contributed by atoms with Crippen LogP contribution in [0.15, 0.2) is 0 Å². The van der Waals surface area contributed by atoms with Crippen molar-refractivity contribution in [2.75, 3.05) is 26.3 Å². The van der Waals surface area contributed by atoms with Gasteiger partial charge in [0.2, 0.25) is 0 Å². The molecule has 0 aliphatic heterocycles. The summed E-state index contributed by atoms with van der Waals surface area (Å²) in [5.74, 6) is 0. The summed E-state index contributed by atoms with van der Waals surface area (Å²) in [4.78, 5) is 0. The summed E-state index contributed by atoms with van der Waals surface area (Å²) in [6, 6.07) is 0. The third-order valence-corrected chi connectivity index (χ3v) is 1.75. The lowest BCUT2D eigenvalue weighted by atomic mass is 10.2. The van der Waals surface area contributed by atoms with Gasteiger partial charge in [-0.15, -0.1) is 0 Å². The molecule has 2 N–H and O–H groups in total. The van der Waals surface area contributed by atoms with E-state index in [-0.39, 0.29) is 6.10 Å². The summed E-state index contributed by atoms with van der Waals surface area (Å²) in [6.45, 7) is 7.27. The second-order valence-electron chi connectivity index (χ2n) is 2.80. The van der Waals surface area contributed by atoms with E-state index in [9.17, 15) is 5.11 Å². The van der Waals surface area contributed by atoms with Crippen molar-refractivity contribution in [1.82, 2.24) is 5.32 Å². The van der Waals surface area contributed by atoms with E-state index in [4.69, 9.17) is 4.74 Å². The predicted molar refractivity (Wildman–Crippen MR) is 50.3 cm³/mol. The summed E-state index contributed by atoms with van der Waals surface area (Å²) in [5, 5.41) is 12.4. The molecule has 0 bridgehead atoms. The lowest BCUT2D eigenvalue weighted by Gasteiger charge is -2.08. The molecule has 1 atom stereocenters. The number of ether oxygens (including phenoxy) is 1. The number of aliphatic hydroxyl groups is 1. The maximum absolute atomic E-state index is 9.19. The largest absolute Gasteiger partial charge is 0.393 e. The van der Waals surface area contributed by atoms with Gasteiger partial charge in [0.1, 0.15) is 0 Å². The minimum atomic E-state index is -0.149. The van der Waals surface area contributed by atoms with E-state index in [0.29, 0.717) is 0 Å². The molecule has 0 amide bonds. The van der Waals surface area contributed by atoms with Crippen molar-refractivity contribution < 1.29 is 9.84 Å². The van der Waals surface area contributed by atoms with Crippen molar-refractivity contribution in [3.63, 3.8) is 0 Å². The summed E-state index contributed by atoms with van der Waals surface area (Å²) >= 11 is 0. The van der Waals surface area contributed by atoms with Crippen LogP contribution in [-0.2, 0) is 4.74 Å². The minimum absolute atomic E-state index is 0.149. The van der Waals surface area contributed by atoms with E-state index in [1.54, 1.807) is 0 Å². The predicted octanol–water partition coefficient (Wildman–Crippen LogP) is 0.773. The number of hydrogen-bond acceptors (Lipinski definition) is 3. The number of aliphatic hydroxyl groups excluding tert-OH is 1. The molecule has 0 radical (unpaired) electrons. The second-order valence-corrected chi connectivity index (χ2v) is 2.80. The Morgan fingerprint density at radius 1 is 1.33 bits per heavy atom. The van der Waals surface area contributed by atoms with Gasteiger partial charge in [0.05, 0.1) is 12.7 Å². The topological polar surface area (TPSA) is 41.5 Å². The zero-order chi connectivity index (χ0) is 9.23. The van der Waals surface area contributed by atoms with Crippen LogP contribution in [-0.4, -0.2) is 37.5 Å². The van der Waals surface area contributed by atoms with Gasteiger partial charge in [-0.05, 0) is 26.3 Å². The Kier molecular flexibility index (Phi) is 8.88. The van der Waals surface area contributed by atoms with Crippen LogP contribution in [0.5, 0.6) is 0 Å². The zero-order valence-electron chi connectivity index (χ0n) is 8.18. The van der Waals surface area contributed by atoms with Crippen molar-refractivity contribution in [3.05, 3.63) is 0 Å². The van der Waals surface area contributed by atoms with Crippen LogP contribution >= 0.6 is 0 Å². The first kappa shape index (κ1) is 11.9. The Balaban J connectivity index is 2.90. The first-order valence-corrected chi connectivity index (χ1v) is 4.77. The van der Waals surface area contributed by atoms with Crippen LogP contribution < -0.4 is 5.32 Å². The van der Waals surface area contributed by atoms with Crippen LogP contribution in [0.4, 0.5) is 0 Å². The van der Waals surface area contributed by atoms with E-state index < -0.39 is 0 Å². The highest BCUT2D eigenvalue weighted by Crippen LogP contribution is 1.93. The fourth-order valence-electron chi connectivity index (χ4n) is 0.886. The van der Waals surface area contributed by atoms with Gasteiger partial charge in [-0.3, -0.25) is 0 Å². The van der Waals surface area contributed by atoms with Gasteiger partial charge in [0, 0.05) is 13.2 Å². The molecule has 0 spiro atoms. The quantitative estimate of drug-likeness (QED) is 0.535. The third-order valence-electron chi connectivity index (χ3n) is 1.75. The first-order valence-electron chi connectivity index (χ1n) is 4.77. The number of rotatable bonds is 8. The van der Waals surface area contributed by atoms with Crippen LogP contribution in [0.3, 0.4) is 0 Å². The van der Waals surface area contributed by atoms with Crippen molar-refractivity contribution in [2.45, 2.75) is 32.8 Å². The molecule has 74 valence electrons. The SMILES string of the molecule is CCOCCNCCC(O)CC. The second kappa shape index (κ2) is 8.97. The number of hydrogen-bond donors (Lipinski definition) is 2. The first-order chi connectivity index (χ1) is 5.81. The smallest absolute Gasteiger partial charge is 0.0590 e. The third kappa shape index (κ3) is 7.98. The van der Waals surface area contributed by atoms with Gasteiger partial charge < -0.3 is 15.2 Å². The molecule has 0 rings (SSSR count). The molecule has 1 unspecified atom stereocenters. The van der Waals surface area contributed by atoms with E-state index in [0.717, 1.165) is 39.1 Å². The van der Waals surface area contributed by atoms with Crippen molar-refractivity contribution in [2.24, 2.45) is 0 Å². The monoisotopic (exact) mass is 175 g/mol. The van der Waals surface area contributed by atoms with Crippen LogP contribution in [0.25, 0.3) is 0 Å². The van der Waals surface area contributed by atoms with E-state index in [1.165, 1.54) is 0 Å². The van der Waals surface area contributed by atoms with Gasteiger partial charge in [0.25, 0.3) is 0 Å². The lowest BCUT2D eigenvalue weighted by Crippen LogP contribution is -2.23. The Labute approximate surface area is 75.1 Å². The molecule has 0 fully saturated rings. The number of nitrogens with one attached hydrogen (secondary N) is 1. The Morgan fingerprint density at radius 2 is 2.08 bits per heavy atom. The fourth-order valence-corrected chi connectivity index (χ4v) is 0.886. The maximum Gasteiger partial charge on any atom is 0.0590 e. The average Bonchev–Trinajstić information content (AvgIpc) is 2.10. The van der Waals surface area contributed by atoms with Gasteiger partial charge in [0.15, 0.2) is 0 Å². The zero-order valence-corrected chi connectivity index (χ0v) is 8.18. The minimum Gasteiger partial charge on any atom is -0.393 e. The molecule has 0 saturated heterocycles. The van der Waals surface area contributed by atoms with Crippen molar-refractivity contribution in [3.8, 4) is 0 Å². The van der Waals surface area contributed by atoms with Crippen LogP contribution in [0, 0.1) is 0 Å². The molecule has 0 aromatic rings. The Morgan fingerprint density at radius 3 is 2.67 bits per heavy atom. The van der Waals surface area contributed by atoms with Crippen molar-refractivity contribution in [1.29, 1.82) is 0 Å². The molecule has 0 aromatic heterocycles. The maximum atomic E-state index is 9.19. The van der Waals surface area contributed by atoms with Gasteiger partial charge in [-0.2, -0.15) is 0 Å². The molecule has 3 heteroatoms. The van der Waals surface area contributed by atoms with Crippen LogP contribution in [0.2, 0.25) is 0 Å². The highest BCUT2D eigenvalue weighted by Gasteiger charge is 1.98. The normalized spacial score (nSPS) is 13.2. The Bertz CT molecular complexity index is 88.6. The van der Waals surface area contributed by atoms with Gasteiger partial charge >= 0.3 is 0 Å². The highest BCUT2D eigenvalue weighted by molar-refractivity contribution is 4.55. The highest BCUT2D eigenvalue weighted by atomic mass is 16.5. The van der Waals surface area contributed by atoms with Gasteiger partial charge in [-0.1, -0.05) is 6.92 Å². The van der Waals surface area contributed by atoms with Crippen LogP contribution in [0.1, 0.15) is 26.7 Å². The molecule has 12 heavy (non-hydrogen) atoms. The van der Waals surface area contributed by atoms with E-state index in [1.807, 2.05) is 13.8 Å². The van der Waals surface area contributed by atoms with Gasteiger partial charge in [-0.25, -0.2) is 0 Å². The molecule has 3 nitrogen and oxygen atoms in total. The molecule has 0 aliphatic rings. The molecular weight excluding hydrogens is 154 g/mol. The Hall–Kier alpha value is -0.120. The average molecular weight is 175 g/mol. The molecule has 0 aliphatic carbocycles. The molecule has 0 heterocycles.